The monoisotopic (exact) mass is 260 g/mol. The molecule has 1 aromatic carbocycles. The third-order valence-electron chi connectivity index (χ3n) is 2.76. The lowest BCUT2D eigenvalue weighted by molar-refractivity contribution is 0.103. The van der Waals surface area contributed by atoms with Crippen molar-refractivity contribution in [2.75, 3.05) is 7.11 Å². The predicted molar refractivity (Wildman–Crippen MR) is 67.9 cm³/mol. The van der Waals surface area contributed by atoms with Crippen LogP contribution in [0.1, 0.15) is 27.3 Å². The normalized spacial score (nSPS) is 10.3. The van der Waals surface area contributed by atoms with Crippen LogP contribution in [0.15, 0.2) is 24.3 Å². The number of carbonyl (C=O) groups excluding carboxylic acids is 1. The summed E-state index contributed by atoms with van der Waals surface area (Å²) < 4.78 is 18.4. The van der Waals surface area contributed by atoms with Crippen LogP contribution in [0.2, 0.25) is 0 Å². The van der Waals surface area contributed by atoms with Crippen molar-refractivity contribution < 1.29 is 13.9 Å². The van der Waals surface area contributed by atoms with Gasteiger partial charge in [-0.15, -0.1) is 0 Å². The number of ketones is 1. The van der Waals surface area contributed by atoms with Gasteiger partial charge < -0.3 is 4.74 Å². The molecule has 5 heteroatoms. The molecule has 0 N–H and O–H groups in total. The maximum atomic E-state index is 13.6. The molecule has 0 saturated carbocycles. The fourth-order valence-corrected chi connectivity index (χ4v) is 1.74. The molecule has 0 saturated heterocycles. The van der Waals surface area contributed by atoms with E-state index < -0.39 is 5.82 Å². The van der Waals surface area contributed by atoms with Gasteiger partial charge in [-0.2, -0.15) is 10.2 Å². The van der Waals surface area contributed by atoms with Crippen molar-refractivity contribution in [1.82, 2.24) is 10.2 Å². The minimum atomic E-state index is -0.565. The molecule has 19 heavy (non-hydrogen) atoms. The fourth-order valence-electron chi connectivity index (χ4n) is 1.74. The second-order valence-corrected chi connectivity index (χ2v) is 4.16. The van der Waals surface area contributed by atoms with Gasteiger partial charge >= 0.3 is 0 Å². The van der Waals surface area contributed by atoms with Crippen LogP contribution in [0.3, 0.4) is 0 Å². The number of nitrogens with zero attached hydrogens (tertiary/aromatic N) is 2. The molecular weight excluding hydrogens is 247 g/mol. The van der Waals surface area contributed by atoms with E-state index in [9.17, 15) is 9.18 Å². The number of halogens is 1. The summed E-state index contributed by atoms with van der Waals surface area (Å²) in [6.07, 6.45) is 0. The second kappa shape index (κ2) is 5.14. The van der Waals surface area contributed by atoms with Crippen molar-refractivity contribution >= 4 is 5.78 Å². The first-order chi connectivity index (χ1) is 9.02. The van der Waals surface area contributed by atoms with E-state index in [1.807, 2.05) is 0 Å². The van der Waals surface area contributed by atoms with E-state index in [2.05, 4.69) is 10.2 Å². The van der Waals surface area contributed by atoms with Crippen LogP contribution in [0.4, 0.5) is 4.39 Å². The molecular formula is C14H13FN2O2. The maximum absolute atomic E-state index is 13.6. The smallest absolute Gasteiger partial charge is 0.195 e. The van der Waals surface area contributed by atoms with Crippen molar-refractivity contribution in [3.05, 3.63) is 52.6 Å². The summed E-state index contributed by atoms with van der Waals surface area (Å²) in [6, 6.07) is 5.77. The molecule has 0 radical (unpaired) electrons. The molecule has 0 aliphatic heterocycles. The zero-order valence-corrected chi connectivity index (χ0v) is 10.9. The summed E-state index contributed by atoms with van der Waals surface area (Å²) >= 11 is 0. The van der Waals surface area contributed by atoms with Gasteiger partial charge in [0, 0.05) is 11.1 Å². The second-order valence-electron chi connectivity index (χ2n) is 4.16. The van der Waals surface area contributed by atoms with Crippen molar-refractivity contribution in [2.24, 2.45) is 0 Å². The van der Waals surface area contributed by atoms with Gasteiger partial charge in [-0.25, -0.2) is 4.39 Å². The van der Waals surface area contributed by atoms with Crippen LogP contribution in [0.25, 0.3) is 0 Å². The number of rotatable bonds is 3. The molecule has 1 aromatic heterocycles. The first-order valence-corrected chi connectivity index (χ1v) is 5.72. The van der Waals surface area contributed by atoms with Crippen LogP contribution in [0, 0.1) is 19.7 Å². The summed E-state index contributed by atoms with van der Waals surface area (Å²) in [6.45, 7) is 3.44. The quantitative estimate of drug-likeness (QED) is 0.795. The van der Waals surface area contributed by atoms with E-state index in [1.54, 1.807) is 19.9 Å². The Morgan fingerprint density at radius 1 is 1.21 bits per heavy atom. The first-order valence-electron chi connectivity index (χ1n) is 5.72. The molecule has 0 aliphatic rings. The number of carbonyl (C=O) groups is 1. The van der Waals surface area contributed by atoms with Gasteiger partial charge in [0.1, 0.15) is 0 Å². The summed E-state index contributed by atoms with van der Waals surface area (Å²) in [4.78, 5) is 12.3. The van der Waals surface area contributed by atoms with E-state index in [1.165, 1.54) is 19.2 Å². The molecule has 0 spiro atoms. The number of hydrogen-bond acceptors (Lipinski definition) is 4. The predicted octanol–water partition coefficient (Wildman–Crippen LogP) is 2.47. The summed E-state index contributed by atoms with van der Waals surface area (Å²) in [5.41, 5.74) is 1.85. The molecule has 0 fully saturated rings. The SMILES string of the molecule is COc1ccc(C(=O)c2cc(C)nnc2C)cc1F. The zero-order valence-electron chi connectivity index (χ0n) is 10.9. The Balaban J connectivity index is 2.44. The Kier molecular flexibility index (Phi) is 3.55. The standard InChI is InChI=1S/C14H13FN2O2/c1-8-6-11(9(2)17-16-8)14(18)10-4-5-13(19-3)12(15)7-10/h4-7H,1-3H3. The van der Waals surface area contributed by atoms with E-state index in [4.69, 9.17) is 4.74 Å². The number of ether oxygens (including phenoxy) is 1. The van der Waals surface area contributed by atoms with Crippen LogP contribution in [-0.4, -0.2) is 23.1 Å². The van der Waals surface area contributed by atoms with Crippen molar-refractivity contribution in [2.45, 2.75) is 13.8 Å². The minimum absolute atomic E-state index is 0.109. The molecule has 0 atom stereocenters. The van der Waals surface area contributed by atoms with Gasteiger partial charge in [0.25, 0.3) is 0 Å². The van der Waals surface area contributed by atoms with E-state index in [0.29, 0.717) is 17.0 Å². The topological polar surface area (TPSA) is 52.1 Å². The van der Waals surface area contributed by atoms with E-state index >= 15 is 0 Å². The Morgan fingerprint density at radius 2 is 1.95 bits per heavy atom. The Labute approximate surface area is 110 Å². The molecule has 98 valence electrons. The van der Waals surface area contributed by atoms with Crippen molar-refractivity contribution in [1.29, 1.82) is 0 Å². The Bertz CT molecular complexity index is 641. The van der Waals surface area contributed by atoms with E-state index in [-0.39, 0.29) is 17.1 Å². The van der Waals surface area contributed by atoms with Gasteiger partial charge in [0.05, 0.1) is 18.5 Å². The van der Waals surface area contributed by atoms with Crippen LogP contribution >= 0.6 is 0 Å². The summed E-state index contributed by atoms with van der Waals surface area (Å²) in [5.74, 6) is -0.737. The summed E-state index contributed by atoms with van der Waals surface area (Å²) in [5, 5.41) is 7.76. The number of benzene rings is 1. The van der Waals surface area contributed by atoms with Crippen LogP contribution in [-0.2, 0) is 0 Å². The lowest BCUT2D eigenvalue weighted by Crippen LogP contribution is -2.07. The molecule has 1 heterocycles. The molecule has 0 amide bonds. The van der Waals surface area contributed by atoms with E-state index in [0.717, 1.165) is 6.07 Å². The molecule has 0 unspecified atom stereocenters. The van der Waals surface area contributed by atoms with Gasteiger partial charge in [0.15, 0.2) is 17.3 Å². The largest absolute Gasteiger partial charge is 0.494 e. The molecule has 4 nitrogen and oxygen atoms in total. The lowest BCUT2D eigenvalue weighted by Gasteiger charge is -2.06. The van der Waals surface area contributed by atoms with Gasteiger partial charge in [0.2, 0.25) is 0 Å². The Hall–Kier alpha value is -2.30. The van der Waals surface area contributed by atoms with Gasteiger partial charge in [-0.05, 0) is 38.1 Å². The third-order valence-corrected chi connectivity index (χ3v) is 2.76. The number of aromatic nitrogens is 2. The zero-order chi connectivity index (χ0) is 14.0. The highest BCUT2D eigenvalue weighted by atomic mass is 19.1. The maximum Gasteiger partial charge on any atom is 0.195 e. The highest BCUT2D eigenvalue weighted by molar-refractivity contribution is 6.09. The lowest BCUT2D eigenvalue weighted by atomic mass is 10.0. The van der Waals surface area contributed by atoms with Gasteiger partial charge in [-0.1, -0.05) is 0 Å². The fraction of sp³-hybridized carbons (Fsp3) is 0.214. The highest BCUT2D eigenvalue weighted by Gasteiger charge is 2.15. The molecule has 0 aliphatic carbocycles. The highest BCUT2D eigenvalue weighted by Crippen LogP contribution is 2.20. The number of methoxy groups -OCH3 is 1. The van der Waals surface area contributed by atoms with Crippen LogP contribution < -0.4 is 4.74 Å². The number of hydrogen-bond donors (Lipinski definition) is 0. The Morgan fingerprint density at radius 3 is 2.58 bits per heavy atom. The van der Waals surface area contributed by atoms with Crippen molar-refractivity contribution in [3.8, 4) is 5.75 Å². The minimum Gasteiger partial charge on any atom is -0.494 e. The summed E-state index contributed by atoms with van der Waals surface area (Å²) in [7, 11) is 1.38. The average molecular weight is 260 g/mol. The first kappa shape index (κ1) is 13.1. The van der Waals surface area contributed by atoms with Crippen molar-refractivity contribution in [3.63, 3.8) is 0 Å². The third kappa shape index (κ3) is 2.59. The molecule has 2 rings (SSSR count). The molecule has 0 bridgehead atoms. The molecule has 2 aromatic rings. The number of aryl methyl sites for hydroxylation is 2. The average Bonchev–Trinajstić information content (AvgIpc) is 2.40. The van der Waals surface area contributed by atoms with Crippen LogP contribution in [0.5, 0.6) is 5.75 Å². The van der Waals surface area contributed by atoms with Gasteiger partial charge in [-0.3, -0.25) is 4.79 Å².